The van der Waals surface area contributed by atoms with Crippen LogP contribution in [0.1, 0.15) is 24.8 Å². The van der Waals surface area contributed by atoms with Crippen molar-refractivity contribution >= 4 is 23.2 Å². The van der Waals surface area contributed by atoms with Crippen LogP contribution in [-0.2, 0) is 4.79 Å². The van der Waals surface area contributed by atoms with Gasteiger partial charge in [0.15, 0.2) is 0 Å². The molecule has 98 valence electrons. The van der Waals surface area contributed by atoms with Gasteiger partial charge >= 0.3 is 0 Å². The summed E-state index contributed by atoms with van der Waals surface area (Å²) in [5.74, 6) is 0.0762. The standard InChI is InChI=1S/C14H19ClN2O/c1-11-10-12(15)4-5-13(11)16-14(18)6-9-17-7-2-3-8-17/h4-5,10H,2-3,6-9H2,1H3,(H,16,18). The highest BCUT2D eigenvalue weighted by Crippen LogP contribution is 2.19. The molecular weight excluding hydrogens is 248 g/mol. The summed E-state index contributed by atoms with van der Waals surface area (Å²) >= 11 is 5.88. The number of likely N-dealkylation sites (tertiary alicyclic amines) is 1. The van der Waals surface area contributed by atoms with E-state index in [0.29, 0.717) is 11.4 Å². The highest BCUT2D eigenvalue weighted by molar-refractivity contribution is 6.30. The Bertz CT molecular complexity index is 428. The van der Waals surface area contributed by atoms with E-state index in [0.717, 1.165) is 30.9 Å². The summed E-state index contributed by atoms with van der Waals surface area (Å²) in [7, 11) is 0. The molecule has 1 aliphatic heterocycles. The number of benzene rings is 1. The zero-order valence-electron chi connectivity index (χ0n) is 10.7. The number of carbonyl (C=O) groups is 1. The summed E-state index contributed by atoms with van der Waals surface area (Å²) in [6.45, 7) is 5.07. The van der Waals surface area contributed by atoms with E-state index in [-0.39, 0.29) is 5.91 Å². The summed E-state index contributed by atoms with van der Waals surface area (Å²) in [5.41, 5.74) is 1.85. The molecule has 3 nitrogen and oxygen atoms in total. The van der Waals surface area contributed by atoms with E-state index in [2.05, 4.69) is 10.2 Å². The number of amides is 1. The Hall–Kier alpha value is -1.06. The molecule has 1 N–H and O–H groups in total. The second kappa shape index (κ2) is 6.21. The lowest BCUT2D eigenvalue weighted by Gasteiger charge is -2.14. The van der Waals surface area contributed by atoms with Crippen LogP contribution >= 0.6 is 11.6 Å². The maximum absolute atomic E-state index is 11.8. The third kappa shape index (κ3) is 3.72. The monoisotopic (exact) mass is 266 g/mol. The zero-order chi connectivity index (χ0) is 13.0. The first-order chi connectivity index (χ1) is 8.65. The van der Waals surface area contributed by atoms with E-state index in [4.69, 9.17) is 11.6 Å². The van der Waals surface area contributed by atoms with Gasteiger partial charge in [0.05, 0.1) is 0 Å². The first kappa shape index (κ1) is 13.4. The molecule has 1 aromatic rings. The summed E-state index contributed by atoms with van der Waals surface area (Å²) in [4.78, 5) is 14.2. The number of nitrogens with zero attached hydrogens (tertiary/aromatic N) is 1. The van der Waals surface area contributed by atoms with Gasteiger partial charge in [-0.05, 0) is 56.6 Å². The average molecular weight is 267 g/mol. The lowest BCUT2D eigenvalue weighted by atomic mass is 10.2. The van der Waals surface area contributed by atoms with Gasteiger partial charge in [-0.1, -0.05) is 11.6 Å². The van der Waals surface area contributed by atoms with E-state index < -0.39 is 0 Å². The van der Waals surface area contributed by atoms with Crippen molar-refractivity contribution < 1.29 is 4.79 Å². The molecule has 1 aromatic carbocycles. The number of carbonyl (C=O) groups excluding carboxylic acids is 1. The molecule has 1 heterocycles. The third-order valence-electron chi connectivity index (χ3n) is 3.32. The highest BCUT2D eigenvalue weighted by Gasteiger charge is 2.13. The van der Waals surface area contributed by atoms with Gasteiger partial charge in [0.2, 0.25) is 5.91 Å². The van der Waals surface area contributed by atoms with Crippen LogP contribution in [-0.4, -0.2) is 30.4 Å². The molecule has 0 atom stereocenters. The van der Waals surface area contributed by atoms with E-state index in [1.54, 1.807) is 6.07 Å². The molecule has 1 amide bonds. The van der Waals surface area contributed by atoms with E-state index in [9.17, 15) is 4.79 Å². The van der Waals surface area contributed by atoms with Gasteiger partial charge < -0.3 is 10.2 Å². The molecule has 0 unspecified atom stereocenters. The smallest absolute Gasteiger partial charge is 0.225 e. The van der Waals surface area contributed by atoms with Crippen LogP contribution in [0.15, 0.2) is 18.2 Å². The van der Waals surface area contributed by atoms with Crippen molar-refractivity contribution in [2.24, 2.45) is 0 Å². The Labute approximate surface area is 113 Å². The lowest BCUT2D eigenvalue weighted by molar-refractivity contribution is -0.116. The van der Waals surface area contributed by atoms with Crippen molar-refractivity contribution in [1.29, 1.82) is 0 Å². The summed E-state index contributed by atoms with van der Waals surface area (Å²) in [6, 6.07) is 5.51. The molecule has 0 bridgehead atoms. The molecule has 2 rings (SSSR count). The molecular formula is C14H19ClN2O. The Kier molecular flexibility index (Phi) is 4.61. The predicted molar refractivity (Wildman–Crippen MR) is 75.1 cm³/mol. The van der Waals surface area contributed by atoms with Crippen LogP contribution in [0, 0.1) is 6.92 Å². The summed E-state index contributed by atoms with van der Waals surface area (Å²) in [6.07, 6.45) is 3.08. The average Bonchev–Trinajstić information content (AvgIpc) is 2.83. The molecule has 1 aliphatic rings. The Morgan fingerprint density at radius 1 is 1.39 bits per heavy atom. The topological polar surface area (TPSA) is 32.3 Å². The Morgan fingerprint density at radius 2 is 2.11 bits per heavy atom. The number of nitrogens with one attached hydrogen (secondary N) is 1. The molecule has 1 saturated heterocycles. The van der Waals surface area contributed by atoms with Crippen molar-refractivity contribution in [2.45, 2.75) is 26.2 Å². The van der Waals surface area contributed by atoms with Gasteiger partial charge in [-0.3, -0.25) is 4.79 Å². The maximum atomic E-state index is 11.8. The second-order valence-electron chi connectivity index (χ2n) is 4.81. The fraction of sp³-hybridized carbons (Fsp3) is 0.500. The second-order valence-corrected chi connectivity index (χ2v) is 5.24. The summed E-state index contributed by atoms with van der Waals surface area (Å²) < 4.78 is 0. The van der Waals surface area contributed by atoms with Crippen molar-refractivity contribution in [2.75, 3.05) is 25.0 Å². The minimum atomic E-state index is 0.0762. The van der Waals surface area contributed by atoms with Crippen LogP contribution in [0.2, 0.25) is 5.02 Å². The quantitative estimate of drug-likeness (QED) is 0.908. The Morgan fingerprint density at radius 3 is 2.78 bits per heavy atom. The molecule has 0 aromatic heterocycles. The largest absolute Gasteiger partial charge is 0.326 e. The van der Waals surface area contributed by atoms with Crippen molar-refractivity contribution in [1.82, 2.24) is 4.90 Å². The number of aryl methyl sites for hydroxylation is 1. The first-order valence-corrected chi connectivity index (χ1v) is 6.81. The number of rotatable bonds is 4. The van der Waals surface area contributed by atoms with Crippen LogP contribution in [0.5, 0.6) is 0 Å². The molecule has 0 radical (unpaired) electrons. The molecule has 18 heavy (non-hydrogen) atoms. The van der Waals surface area contributed by atoms with Crippen LogP contribution < -0.4 is 5.32 Å². The van der Waals surface area contributed by atoms with E-state index >= 15 is 0 Å². The van der Waals surface area contributed by atoms with Crippen molar-refractivity contribution in [3.05, 3.63) is 28.8 Å². The lowest BCUT2D eigenvalue weighted by Crippen LogP contribution is -2.25. The SMILES string of the molecule is Cc1cc(Cl)ccc1NC(=O)CCN1CCCC1. The Balaban J connectivity index is 1.82. The van der Waals surface area contributed by atoms with Gasteiger partial charge in [0.25, 0.3) is 0 Å². The number of anilines is 1. The van der Waals surface area contributed by atoms with Gasteiger partial charge in [-0.25, -0.2) is 0 Å². The predicted octanol–water partition coefficient (Wildman–Crippen LogP) is 3.07. The fourth-order valence-electron chi connectivity index (χ4n) is 2.25. The zero-order valence-corrected chi connectivity index (χ0v) is 11.5. The minimum absolute atomic E-state index is 0.0762. The van der Waals surface area contributed by atoms with Crippen molar-refractivity contribution in [3.8, 4) is 0 Å². The van der Waals surface area contributed by atoms with Crippen molar-refractivity contribution in [3.63, 3.8) is 0 Å². The third-order valence-corrected chi connectivity index (χ3v) is 3.55. The normalized spacial score (nSPS) is 15.9. The number of halogens is 1. The van der Waals surface area contributed by atoms with Crippen LogP contribution in [0.4, 0.5) is 5.69 Å². The van der Waals surface area contributed by atoms with Gasteiger partial charge in [0.1, 0.15) is 0 Å². The molecule has 1 fully saturated rings. The van der Waals surface area contributed by atoms with Crippen LogP contribution in [0.25, 0.3) is 0 Å². The van der Waals surface area contributed by atoms with E-state index in [1.165, 1.54) is 12.8 Å². The van der Waals surface area contributed by atoms with E-state index in [1.807, 2.05) is 19.1 Å². The van der Waals surface area contributed by atoms with Gasteiger partial charge in [0, 0.05) is 23.7 Å². The molecule has 0 spiro atoms. The fourth-order valence-corrected chi connectivity index (χ4v) is 2.47. The molecule has 0 aliphatic carbocycles. The number of hydrogen-bond donors (Lipinski definition) is 1. The van der Waals surface area contributed by atoms with Gasteiger partial charge in [-0.2, -0.15) is 0 Å². The number of hydrogen-bond acceptors (Lipinski definition) is 2. The highest BCUT2D eigenvalue weighted by atomic mass is 35.5. The van der Waals surface area contributed by atoms with Crippen LogP contribution in [0.3, 0.4) is 0 Å². The van der Waals surface area contributed by atoms with Gasteiger partial charge in [-0.15, -0.1) is 0 Å². The minimum Gasteiger partial charge on any atom is -0.326 e. The molecule has 0 saturated carbocycles. The maximum Gasteiger partial charge on any atom is 0.225 e. The summed E-state index contributed by atoms with van der Waals surface area (Å²) in [5, 5.41) is 3.63. The first-order valence-electron chi connectivity index (χ1n) is 6.43. The molecule has 4 heteroatoms.